The zero-order valence-corrected chi connectivity index (χ0v) is 15.3. The topological polar surface area (TPSA) is 80.3 Å². The molecule has 1 unspecified atom stereocenters. The van der Waals surface area contributed by atoms with Gasteiger partial charge in [0.05, 0.1) is 44.5 Å². The lowest BCUT2D eigenvalue weighted by molar-refractivity contribution is -0.0558. The van der Waals surface area contributed by atoms with Crippen LogP contribution in [0.5, 0.6) is 0 Å². The van der Waals surface area contributed by atoms with Gasteiger partial charge in [0, 0.05) is 13.2 Å². The van der Waals surface area contributed by atoms with Gasteiger partial charge in [-0.05, 0) is 25.5 Å². The van der Waals surface area contributed by atoms with Gasteiger partial charge < -0.3 is 18.9 Å². The molecule has 1 aromatic rings. The van der Waals surface area contributed by atoms with E-state index < -0.39 is 16.2 Å². The van der Waals surface area contributed by atoms with Crippen molar-refractivity contribution < 1.29 is 31.5 Å². The molecule has 0 saturated carbocycles. The quantitative estimate of drug-likeness (QED) is 0.740. The molecular formula is C17H26O7S. The minimum Gasteiger partial charge on any atom is -0.379 e. The van der Waals surface area contributed by atoms with Crippen LogP contribution in [0.1, 0.15) is 12.0 Å². The summed E-state index contributed by atoms with van der Waals surface area (Å²) < 4.78 is 51.5. The Labute approximate surface area is 149 Å². The summed E-state index contributed by atoms with van der Waals surface area (Å²) >= 11 is 0. The molecule has 0 aliphatic carbocycles. The zero-order chi connectivity index (χ0) is 18.0. The highest BCUT2D eigenvalue weighted by molar-refractivity contribution is 7.86. The van der Waals surface area contributed by atoms with Crippen LogP contribution in [-0.4, -0.2) is 67.4 Å². The van der Waals surface area contributed by atoms with Crippen molar-refractivity contribution in [1.29, 1.82) is 0 Å². The number of benzene rings is 1. The lowest BCUT2D eigenvalue weighted by Crippen LogP contribution is -2.29. The van der Waals surface area contributed by atoms with Gasteiger partial charge in [-0.1, -0.05) is 17.7 Å². The summed E-state index contributed by atoms with van der Waals surface area (Å²) in [6.45, 7) is 4.93. The second-order valence-corrected chi connectivity index (χ2v) is 7.31. The largest absolute Gasteiger partial charge is 0.379 e. The Hall–Kier alpha value is -1.03. The molecule has 25 heavy (non-hydrogen) atoms. The third-order valence-corrected chi connectivity index (χ3v) is 4.85. The van der Waals surface area contributed by atoms with Crippen LogP contribution in [0.25, 0.3) is 0 Å². The SMILES string of the molecule is Cc1ccc(S(=O)(=O)OCC2COCCOCCCOCCO2)cc1. The normalized spacial score (nSPS) is 21.7. The van der Waals surface area contributed by atoms with Gasteiger partial charge >= 0.3 is 0 Å². The van der Waals surface area contributed by atoms with E-state index in [9.17, 15) is 8.42 Å². The molecule has 1 aliphatic heterocycles. The first-order valence-corrected chi connectivity index (χ1v) is 9.80. The minimum atomic E-state index is -3.82. The van der Waals surface area contributed by atoms with Crippen molar-refractivity contribution in [2.75, 3.05) is 52.9 Å². The predicted molar refractivity (Wildman–Crippen MR) is 91.1 cm³/mol. The van der Waals surface area contributed by atoms with Crippen LogP contribution in [0.2, 0.25) is 0 Å². The van der Waals surface area contributed by atoms with Crippen molar-refractivity contribution in [1.82, 2.24) is 0 Å². The van der Waals surface area contributed by atoms with Gasteiger partial charge in [0.1, 0.15) is 6.10 Å². The van der Waals surface area contributed by atoms with Crippen LogP contribution in [0, 0.1) is 6.92 Å². The molecule has 2 rings (SSSR count). The molecule has 1 saturated heterocycles. The van der Waals surface area contributed by atoms with Gasteiger partial charge in [-0.2, -0.15) is 8.42 Å². The van der Waals surface area contributed by atoms with Crippen LogP contribution in [0.15, 0.2) is 29.2 Å². The lowest BCUT2D eigenvalue weighted by atomic mass is 10.2. The van der Waals surface area contributed by atoms with Gasteiger partial charge in [0.2, 0.25) is 0 Å². The molecule has 1 aliphatic rings. The van der Waals surface area contributed by atoms with E-state index in [1.807, 2.05) is 6.92 Å². The van der Waals surface area contributed by atoms with Crippen molar-refractivity contribution >= 4 is 10.1 Å². The summed E-state index contributed by atoms with van der Waals surface area (Å²) in [5.41, 5.74) is 0.980. The highest BCUT2D eigenvalue weighted by Crippen LogP contribution is 2.14. The molecule has 8 heteroatoms. The Morgan fingerprint density at radius 3 is 2.32 bits per heavy atom. The second-order valence-electron chi connectivity index (χ2n) is 5.70. The molecule has 0 amide bonds. The van der Waals surface area contributed by atoms with Gasteiger partial charge in [0.15, 0.2) is 0 Å². The average Bonchev–Trinajstić information content (AvgIpc) is 2.62. The van der Waals surface area contributed by atoms with Crippen LogP contribution >= 0.6 is 0 Å². The third-order valence-electron chi connectivity index (χ3n) is 3.55. The Balaban J connectivity index is 1.87. The summed E-state index contributed by atoms with van der Waals surface area (Å²) in [5, 5.41) is 0. The molecule has 0 spiro atoms. The van der Waals surface area contributed by atoms with Crippen LogP contribution in [0.4, 0.5) is 0 Å². The average molecular weight is 374 g/mol. The lowest BCUT2D eigenvalue weighted by Gasteiger charge is -2.18. The molecule has 142 valence electrons. The molecule has 0 aromatic heterocycles. The smallest absolute Gasteiger partial charge is 0.297 e. The van der Waals surface area contributed by atoms with Gasteiger partial charge in [0.25, 0.3) is 10.1 Å². The summed E-state index contributed by atoms with van der Waals surface area (Å²) in [6.07, 6.45) is 0.325. The first-order chi connectivity index (χ1) is 12.1. The molecule has 1 aromatic carbocycles. The first-order valence-electron chi connectivity index (χ1n) is 8.39. The van der Waals surface area contributed by atoms with Crippen molar-refractivity contribution in [2.45, 2.75) is 24.3 Å². The Morgan fingerprint density at radius 2 is 1.60 bits per heavy atom. The molecule has 7 nitrogen and oxygen atoms in total. The number of rotatable bonds is 4. The maximum atomic E-state index is 12.2. The number of hydrogen-bond acceptors (Lipinski definition) is 7. The van der Waals surface area contributed by atoms with Gasteiger partial charge in [-0.25, -0.2) is 0 Å². The van der Waals surface area contributed by atoms with Gasteiger partial charge in [-0.3, -0.25) is 4.18 Å². The number of ether oxygens (including phenoxy) is 4. The fourth-order valence-electron chi connectivity index (χ4n) is 2.16. The van der Waals surface area contributed by atoms with E-state index in [1.54, 1.807) is 12.1 Å². The fraction of sp³-hybridized carbons (Fsp3) is 0.647. The summed E-state index contributed by atoms with van der Waals surface area (Å²) in [4.78, 5) is 0.125. The third kappa shape index (κ3) is 7.81. The minimum absolute atomic E-state index is 0.114. The number of aryl methyl sites for hydroxylation is 1. The maximum Gasteiger partial charge on any atom is 0.297 e. The molecule has 0 bridgehead atoms. The maximum absolute atomic E-state index is 12.2. The zero-order valence-electron chi connectivity index (χ0n) is 14.5. The van der Waals surface area contributed by atoms with E-state index >= 15 is 0 Å². The van der Waals surface area contributed by atoms with Crippen LogP contribution < -0.4 is 0 Å². The molecular weight excluding hydrogens is 348 g/mol. The highest BCUT2D eigenvalue weighted by atomic mass is 32.2. The van der Waals surface area contributed by atoms with E-state index in [-0.39, 0.29) is 18.1 Å². The van der Waals surface area contributed by atoms with E-state index in [0.717, 1.165) is 12.0 Å². The van der Waals surface area contributed by atoms with Crippen LogP contribution in [0.3, 0.4) is 0 Å². The summed E-state index contributed by atoms with van der Waals surface area (Å²) in [6, 6.07) is 6.51. The Morgan fingerprint density at radius 1 is 0.960 bits per heavy atom. The Bertz CT molecular complexity index is 572. The van der Waals surface area contributed by atoms with Crippen molar-refractivity contribution in [3.8, 4) is 0 Å². The molecule has 0 radical (unpaired) electrons. The molecule has 0 N–H and O–H groups in total. The monoisotopic (exact) mass is 374 g/mol. The first kappa shape index (κ1) is 20.3. The Kier molecular flexibility index (Phi) is 8.80. The van der Waals surface area contributed by atoms with E-state index in [2.05, 4.69) is 0 Å². The van der Waals surface area contributed by atoms with E-state index in [4.69, 9.17) is 23.1 Å². The summed E-state index contributed by atoms with van der Waals surface area (Å²) in [5.74, 6) is 0. The van der Waals surface area contributed by atoms with Crippen molar-refractivity contribution in [3.05, 3.63) is 29.8 Å². The predicted octanol–water partition coefficient (Wildman–Crippen LogP) is 1.54. The number of hydrogen-bond donors (Lipinski definition) is 0. The van der Waals surface area contributed by atoms with Crippen LogP contribution in [-0.2, 0) is 33.2 Å². The second kappa shape index (κ2) is 10.8. The fourth-order valence-corrected chi connectivity index (χ4v) is 3.09. The van der Waals surface area contributed by atoms with E-state index in [1.165, 1.54) is 12.1 Å². The molecule has 1 atom stereocenters. The summed E-state index contributed by atoms with van der Waals surface area (Å²) in [7, 11) is -3.82. The van der Waals surface area contributed by atoms with Gasteiger partial charge in [-0.15, -0.1) is 0 Å². The molecule has 1 heterocycles. The molecule has 1 fully saturated rings. The van der Waals surface area contributed by atoms with E-state index in [0.29, 0.717) is 39.6 Å². The standard InChI is InChI=1S/C17H26O7S/c1-15-3-5-17(6-4-15)25(18,19)24-14-16-13-22-10-9-20-7-2-8-21-11-12-23-16/h3-6,16H,2,7-14H2,1H3. The highest BCUT2D eigenvalue weighted by Gasteiger charge is 2.19. The van der Waals surface area contributed by atoms with Crippen molar-refractivity contribution in [3.63, 3.8) is 0 Å². The van der Waals surface area contributed by atoms with Crippen molar-refractivity contribution in [2.24, 2.45) is 0 Å².